The minimum Gasteiger partial charge on any atom is -0.481 e. The van der Waals surface area contributed by atoms with Gasteiger partial charge in [-0.15, -0.1) is 0 Å². The van der Waals surface area contributed by atoms with Crippen molar-refractivity contribution < 1.29 is 19.5 Å². The van der Waals surface area contributed by atoms with Crippen molar-refractivity contribution in [1.29, 1.82) is 0 Å². The predicted molar refractivity (Wildman–Crippen MR) is 48.6 cm³/mol. The summed E-state index contributed by atoms with van der Waals surface area (Å²) in [6.07, 6.45) is 0.204. The number of hydrogen-bond acceptors (Lipinski definition) is 3. The smallest absolute Gasteiger partial charge is 0.312 e. The van der Waals surface area contributed by atoms with Crippen LogP contribution in [-0.2, 0) is 14.4 Å². The molecule has 14 heavy (non-hydrogen) atoms. The number of carbonyl (C=O) groups is 3. The number of aliphatic carboxylic acids is 1. The van der Waals surface area contributed by atoms with Crippen LogP contribution in [0.3, 0.4) is 0 Å². The molecule has 0 rings (SSSR count). The molecule has 0 unspecified atom stereocenters. The van der Waals surface area contributed by atoms with Crippen LogP contribution in [0.5, 0.6) is 0 Å². The lowest BCUT2D eigenvalue weighted by molar-refractivity contribution is -0.141. The first-order valence-electron chi connectivity index (χ1n) is 4.31. The van der Waals surface area contributed by atoms with E-state index in [0.29, 0.717) is 6.54 Å². The second-order valence-corrected chi connectivity index (χ2v) is 2.70. The molecular weight excluding hydrogens is 188 g/mol. The molecule has 0 heterocycles. The first-order chi connectivity index (χ1) is 6.56. The number of carboxylic acid groups (broad SMARTS) is 1. The van der Waals surface area contributed by atoms with E-state index in [1.165, 1.54) is 0 Å². The average molecular weight is 202 g/mol. The first-order valence-corrected chi connectivity index (χ1v) is 4.31. The second-order valence-electron chi connectivity index (χ2n) is 2.70. The number of nitrogens with one attached hydrogen (secondary N) is 2. The van der Waals surface area contributed by atoms with Crippen molar-refractivity contribution in [3.8, 4) is 0 Å². The third-order valence-electron chi connectivity index (χ3n) is 1.33. The fourth-order valence-electron chi connectivity index (χ4n) is 0.706. The molecule has 0 aliphatic carbocycles. The minimum absolute atomic E-state index is 0.174. The molecular formula is C8H14N2O4. The zero-order chi connectivity index (χ0) is 11.0. The van der Waals surface area contributed by atoms with Crippen molar-refractivity contribution in [2.45, 2.75) is 19.8 Å². The fourth-order valence-corrected chi connectivity index (χ4v) is 0.706. The monoisotopic (exact) mass is 202 g/mol. The van der Waals surface area contributed by atoms with E-state index in [9.17, 15) is 14.4 Å². The van der Waals surface area contributed by atoms with Crippen molar-refractivity contribution in [1.82, 2.24) is 10.6 Å². The van der Waals surface area contributed by atoms with E-state index in [2.05, 4.69) is 10.6 Å². The molecule has 0 saturated heterocycles. The number of hydrogen-bond donors (Lipinski definition) is 3. The Kier molecular flexibility index (Phi) is 6.09. The molecule has 3 N–H and O–H groups in total. The van der Waals surface area contributed by atoms with Crippen molar-refractivity contribution in [2.24, 2.45) is 0 Å². The van der Waals surface area contributed by atoms with Crippen molar-refractivity contribution >= 4 is 17.8 Å². The fraction of sp³-hybridized carbons (Fsp3) is 0.625. The minimum atomic E-state index is -1.21. The maximum absolute atomic E-state index is 10.9. The van der Waals surface area contributed by atoms with Crippen molar-refractivity contribution in [2.75, 3.05) is 13.1 Å². The van der Waals surface area contributed by atoms with E-state index in [1.54, 1.807) is 0 Å². The van der Waals surface area contributed by atoms with Crippen LogP contribution in [0, 0.1) is 0 Å². The van der Waals surface area contributed by atoms with Gasteiger partial charge in [0.25, 0.3) is 0 Å². The van der Waals surface area contributed by atoms with Crippen LogP contribution in [0.25, 0.3) is 0 Å². The highest BCUT2D eigenvalue weighted by molar-refractivity contribution is 5.95. The van der Waals surface area contributed by atoms with Gasteiger partial charge in [-0.05, 0) is 6.42 Å². The third-order valence-corrected chi connectivity index (χ3v) is 1.33. The molecule has 2 amide bonds. The summed E-state index contributed by atoms with van der Waals surface area (Å²) in [5.74, 6) is -2.19. The Morgan fingerprint density at radius 3 is 2.29 bits per heavy atom. The summed E-state index contributed by atoms with van der Waals surface area (Å²) < 4.78 is 0. The molecule has 0 aromatic rings. The molecule has 0 atom stereocenters. The Morgan fingerprint density at radius 1 is 1.14 bits per heavy atom. The summed E-state index contributed by atoms with van der Waals surface area (Å²) in [7, 11) is 0. The average Bonchev–Trinajstić information content (AvgIpc) is 2.10. The molecule has 0 aromatic heterocycles. The predicted octanol–water partition coefficient (Wildman–Crippen LogP) is -0.896. The lowest BCUT2D eigenvalue weighted by atomic mass is 10.4. The molecule has 0 fully saturated rings. The van der Waals surface area contributed by atoms with E-state index in [1.807, 2.05) is 6.92 Å². The lowest BCUT2D eigenvalue weighted by Gasteiger charge is -2.04. The van der Waals surface area contributed by atoms with Gasteiger partial charge in [0.1, 0.15) is 6.42 Å². The van der Waals surface area contributed by atoms with E-state index in [-0.39, 0.29) is 12.5 Å². The van der Waals surface area contributed by atoms with E-state index >= 15 is 0 Å². The standard InChI is InChI=1S/C8H14N2O4/c1-2-3-9-7(12)5-10-6(11)4-8(13)14/h2-5H2,1H3,(H,9,12)(H,10,11)(H,13,14). The molecule has 0 bridgehead atoms. The maximum Gasteiger partial charge on any atom is 0.312 e. The van der Waals surface area contributed by atoms with Crippen LogP contribution in [0.1, 0.15) is 19.8 Å². The normalized spacial score (nSPS) is 9.21. The Bertz CT molecular complexity index is 227. The summed E-state index contributed by atoms with van der Waals surface area (Å²) >= 11 is 0. The summed E-state index contributed by atoms with van der Waals surface area (Å²) in [4.78, 5) is 31.7. The zero-order valence-corrected chi connectivity index (χ0v) is 8.00. The lowest BCUT2D eigenvalue weighted by Crippen LogP contribution is -2.37. The molecule has 0 radical (unpaired) electrons. The number of carbonyl (C=O) groups excluding carboxylic acids is 2. The van der Waals surface area contributed by atoms with Crippen LogP contribution in [0.4, 0.5) is 0 Å². The Balaban J connectivity index is 3.56. The van der Waals surface area contributed by atoms with Crippen LogP contribution < -0.4 is 10.6 Å². The zero-order valence-electron chi connectivity index (χ0n) is 8.00. The first kappa shape index (κ1) is 12.4. The third kappa shape index (κ3) is 7.08. The molecule has 0 saturated carbocycles. The number of rotatable bonds is 6. The molecule has 0 aliphatic heterocycles. The van der Waals surface area contributed by atoms with Crippen LogP contribution in [0.15, 0.2) is 0 Å². The van der Waals surface area contributed by atoms with Crippen LogP contribution in [-0.4, -0.2) is 36.0 Å². The van der Waals surface area contributed by atoms with Gasteiger partial charge in [-0.1, -0.05) is 6.92 Å². The second kappa shape index (κ2) is 6.88. The van der Waals surface area contributed by atoms with E-state index < -0.39 is 18.3 Å². The maximum atomic E-state index is 10.9. The van der Waals surface area contributed by atoms with E-state index in [0.717, 1.165) is 6.42 Å². The largest absolute Gasteiger partial charge is 0.481 e. The topological polar surface area (TPSA) is 95.5 Å². The Hall–Kier alpha value is -1.59. The highest BCUT2D eigenvalue weighted by Gasteiger charge is 2.08. The molecule has 0 aliphatic rings. The van der Waals surface area contributed by atoms with Gasteiger partial charge in [0.15, 0.2) is 0 Å². The van der Waals surface area contributed by atoms with Crippen molar-refractivity contribution in [3.63, 3.8) is 0 Å². The summed E-state index contributed by atoms with van der Waals surface area (Å²) in [5.41, 5.74) is 0. The highest BCUT2D eigenvalue weighted by atomic mass is 16.4. The van der Waals surface area contributed by atoms with Crippen LogP contribution >= 0.6 is 0 Å². The van der Waals surface area contributed by atoms with Gasteiger partial charge in [0.05, 0.1) is 6.54 Å². The summed E-state index contributed by atoms with van der Waals surface area (Å²) in [6.45, 7) is 2.28. The number of carboxylic acids is 1. The Labute approximate surface area is 81.7 Å². The molecule has 6 heteroatoms. The van der Waals surface area contributed by atoms with Gasteiger partial charge in [0.2, 0.25) is 11.8 Å². The van der Waals surface area contributed by atoms with Gasteiger partial charge >= 0.3 is 5.97 Å². The summed E-state index contributed by atoms with van der Waals surface area (Å²) in [6, 6.07) is 0. The molecule has 0 spiro atoms. The summed E-state index contributed by atoms with van der Waals surface area (Å²) in [5, 5.41) is 13.0. The highest BCUT2D eigenvalue weighted by Crippen LogP contribution is 1.78. The quantitative estimate of drug-likeness (QED) is 0.486. The molecule has 6 nitrogen and oxygen atoms in total. The van der Waals surface area contributed by atoms with E-state index in [4.69, 9.17) is 5.11 Å². The molecule has 0 aromatic carbocycles. The SMILES string of the molecule is CCCNC(=O)CNC(=O)CC(=O)O. The van der Waals surface area contributed by atoms with Gasteiger partial charge in [-0.3, -0.25) is 14.4 Å². The van der Waals surface area contributed by atoms with Crippen LogP contribution in [0.2, 0.25) is 0 Å². The number of amides is 2. The molecule has 80 valence electrons. The van der Waals surface area contributed by atoms with Crippen molar-refractivity contribution in [3.05, 3.63) is 0 Å². The van der Waals surface area contributed by atoms with Gasteiger partial charge in [-0.25, -0.2) is 0 Å². The Morgan fingerprint density at radius 2 is 1.79 bits per heavy atom. The van der Waals surface area contributed by atoms with Gasteiger partial charge < -0.3 is 15.7 Å². The van der Waals surface area contributed by atoms with Gasteiger partial charge in [0, 0.05) is 6.54 Å². The van der Waals surface area contributed by atoms with Gasteiger partial charge in [-0.2, -0.15) is 0 Å².